The van der Waals surface area contributed by atoms with Crippen LogP contribution in [0.5, 0.6) is 0 Å². The van der Waals surface area contributed by atoms with Crippen LogP contribution < -0.4 is 10.2 Å². The van der Waals surface area contributed by atoms with Crippen molar-refractivity contribution in [1.29, 1.82) is 0 Å². The second-order valence-electron chi connectivity index (χ2n) is 6.28. The highest BCUT2D eigenvalue weighted by molar-refractivity contribution is 5.49. The van der Waals surface area contributed by atoms with Gasteiger partial charge in [-0.25, -0.2) is 9.97 Å². The van der Waals surface area contributed by atoms with Crippen molar-refractivity contribution in [2.75, 3.05) is 17.3 Å². The number of anilines is 2. The van der Waals surface area contributed by atoms with Crippen LogP contribution in [-0.2, 0) is 13.1 Å². The molecule has 0 saturated carbocycles. The topological polar surface area (TPSA) is 41.1 Å². The number of nitrogens with zero attached hydrogens (tertiary/aromatic N) is 3. The van der Waals surface area contributed by atoms with Gasteiger partial charge in [-0.05, 0) is 30.5 Å². The van der Waals surface area contributed by atoms with E-state index in [0.717, 1.165) is 30.5 Å². The molecule has 0 aliphatic heterocycles. The zero-order chi connectivity index (χ0) is 17.6. The average molecular weight is 332 g/mol. The smallest absolute Gasteiger partial charge is 0.134 e. The summed E-state index contributed by atoms with van der Waals surface area (Å²) >= 11 is 0. The minimum Gasteiger partial charge on any atom is -0.366 e. The first-order valence-electron chi connectivity index (χ1n) is 8.51. The first kappa shape index (κ1) is 17.0. The van der Waals surface area contributed by atoms with Crippen molar-refractivity contribution in [2.24, 2.45) is 0 Å². The number of rotatable bonds is 6. The minimum atomic E-state index is 0.755. The molecule has 25 heavy (non-hydrogen) atoms. The molecular formula is C21H24N4. The summed E-state index contributed by atoms with van der Waals surface area (Å²) in [5.41, 5.74) is 3.82. The molecule has 4 heteroatoms. The van der Waals surface area contributed by atoms with E-state index < -0.39 is 0 Å². The fourth-order valence-electron chi connectivity index (χ4n) is 2.77. The Balaban J connectivity index is 1.72. The first-order valence-corrected chi connectivity index (χ1v) is 8.51. The van der Waals surface area contributed by atoms with E-state index in [2.05, 4.69) is 82.7 Å². The van der Waals surface area contributed by atoms with Crippen LogP contribution in [0, 0.1) is 13.8 Å². The van der Waals surface area contributed by atoms with Crippen molar-refractivity contribution in [1.82, 2.24) is 9.97 Å². The molecule has 0 aliphatic carbocycles. The van der Waals surface area contributed by atoms with Gasteiger partial charge in [-0.3, -0.25) is 0 Å². The van der Waals surface area contributed by atoms with Gasteiger partial charge >= 0.3 is 0 Å². The summed E-state index contributed by atoms with van der Waals surface area (Å²) in [7, 11) is 2.06. The fourth-order valence-corrected chi connectivity index (χ4v) is 2.77. The van der Waals surface area contributed by atoms with E-state index in [4.69, 9.17) is 0 Å². The highest BCUT2D eigenvalue weighted by Crippen LogP contribution is 2.18. The van der Waals surface area contributed by atoms with Crippen LogP contribution in [0.3, 0.4) is 0 Å². The Morgan fingerprint density at radius 1 is 0.920 bits per heavy atom. The predicted octanol–water partition coefficient (Wildman–Crippen LogP) is 4.34. The van der Waals surface area contributed by atoms with Gasteiger partial charge in [0.05, 0.1) is 0 Å². The lowest BCUT2D eigenvalue weighted by molar-refractivity contribution is 0.878. The Kier molecular flexibility index (Phi) is 5.29. The van der Waals surface area contributed by atoms with Gasteiger partial charge < -0.3 is 10.2 Å². The quantitative estimate of drug-likeness (QED) is 0.729. The Hall–Kier alpha value is -2.88. The number of aryl methyl sites for hydroxylation is 2. The molecule has 0 saturated heterocycles. The van der Waals surface area contributed by atoms with E-state index in [1.54, 1.807) is 0 Å². The summed E-state index contributed by atoms with van der Waals surface area (Å²) in [5.74, 6) is 2.54. The molecule has 2 aromatic carbocycles. The van der Waals surface area contributed by atoms with Gasteiger partial charge in [0.2, 0.25) is 0 Å². The normalized spacial score (nSPS) is 10.5. The molecule has 3 aromatic rings. The monoisotopic (exact) mass is 332 g/mol. The molecule has 1 heterocycles. The van der Waals surface area contributed by atoms with Crippen molar-refractivity contribution < 1.29 is 0 Å². The minimum absolute atomic E-state index is 0.755. The second-order valence-corrected chi connectivity index (χ2v) is 6.28. The van der Waals surface area contributed by atoms with E-state index >= 15 is 0 Å². The standard InChI is InChI=1S/C21H24N4/c1-16-9-7-8-12-19(16)14-22-20-13-21(24-17(2)23-20)25(3)15-18-10-5-4-6-11-18/h4-13H,14-15H2,1-3H3,(H,22,23,24). The van der Waals surface area contributed by atoms with Crippen molar-refractivity contribution in [3.63, 3.8) is 0 Å². The third-order valence-electron chi connectivity index (χ3n) is 4.20. The Morgan fingerprint density at radius 3 is 2.40 bits per heavy atom. The lowest BCUT2D eigenvalue weighted by atomic mass is 10.1. The van der Waals surface area contributed by atoms with Gasteiger partial charge in [0.15, 0.2) is 0 Å². The van der Waals surface area contributed by atoms with Gasteiger partial charge in [-0.1, -0.05) is 54.6 Å². The van der Waals surface area contributed by atoms with Gasteiger partial charge in [0.25, 0.3) is 0 Å². The maximum Gasteiger partial charge on any atom is 0.134 e. The number of benzene rings is 2. The zero-order valence-corrected chi connectivity index (χ0v) is 15.0. The van der Waals surface area contributed by atoms with Crippen molar-refractivity contribution >= 4 is 11.6 Å². The van der Waals surface area contributed by atoms with Crippen LogP contribution in [-0.4, -0.2) is 17.0 Å². The summed E-state index contributed by atoms with van der Waals surface area (Å²) in [5, 5.41) is 3.42. The molecule has 0 atom stereocenters. The molecule has 4 nitrogen and oxygen atoms in total. The average Bonchev–Trinajstić information content (AvgIpc) is 2.61. The molecule has 0 unspecified atom stereocenters. The van der Waals surface area contributed by atoms with Crippen molar-refractivity contribution in [2.45, 2.75) is 26.9 Å². The van der Waals surface area contributed by atoms with Crippen LogP contribution in [0.4, 0.5) is 11.6 Å². The number of aromatic nitrogens is 2. The highest BCUT2D eigenvalue weighted by Gasteiger charge is 2.08. The largest absolute Gasteiger partial charge is 0.366 e. The zero-order valence-electron chi connectivity index (χ0n) is 15.0. The fraction of sp³-hybridized carbons (Fsp3) is 0.238. The van der Waals surface area contributed by atoms with Gasteiger partial charge in [0.1, 0.15) is 17.5 Å². The third-order valence-corrected chi connectivity index (χ3v) is 4.20. The van der Waals surface area contributed by atoms with Gasteiger partial charge in [-0.15, -0.1) is 0 Å². The lowest BCUT2D eigenvalue weighted by Crippen LogP contribution is -2.19. The SMILES string of the molecule is Cc1nc(NCc2ccccc2C)cc(N(C)Cc2ccccc2)n1. The summed E-state index contributed by atoms with van der Waals surface area (Å²) in [4.78, 5) is 11.2. The van der Waals surface area contributed by atoms with E-state index in [1.807, 2.05) is 19.1 Å². The molecule has 0 bridgehead atoms. The Labute approximate surface area is 149 Å². The molecule has 0 aliphatic rings. The van der Waals surface area contributed by atoms with Crippen LogP contribution in [0.2, 0.25) is 0 Å². The molecule has 0 spiro atoms. The number of hydrogen-bond acceptors (Lipinski definition) is 4. The predicted molar refractivity (Wildman–Crippen MR) is 104 cm³/mol. The lowest BCUT2D eigenvalue weighted by Gasteiger charge is -2.19. The highest BCUT2D eigenvalue weighted by atomic mass is 15.2. The van der Waals surface area contributed by atoms with E-state index in [9.17, 15) is 0 Å². The summed E-state index contributed by atoms with van der Waals surface area (Å²) < 4.78 is 0. The van der Waals surface area contributed by atoms with Crippen LogP contribution in [0.15, 0.2) is 60.7 Å². The molecule has 128 valence electrons. The maximum absolute atomic E-state index is 4.58. The number of nitrogens with one attached hydrogen (secondary N) is 1. The summed E-state index contributed by atoms with van der Waals surface area (Å²) in [6.07, 6.45) is 0. The molecule has 0 fully saturated rings. The number of hydrogen-bond donors (Lipinski definition) is 1. The van der Waals surface area contributed by atoms with Gasteiger partial charge in [0, 0.05) is 26.2 Å². The van der Waals surface area contributed by atoms with E-state index in [0.29, 0.717) is 0 Å². The molecule has 0 amide bonds. The summed E-state index contributed by atoms with van der Waals surface area (Å²) in [6.45, 7) is 5.62. The van der Waals surface area contributed by atoms with Gasteiger partial charge in [-0.2, -0.15) is 0 Å². The first-order chi connectivity index (χ1) is 12.1. The Morgan fingerprint density at radius 2 is 1.64 bits per heavy atom. The van der Waals surface area contributed by atoms with Crippen molar-refractivity contribution in [3.05, 3.63) is 83.2 Å². The Bertz CT molecular complexity index is 830. The molecule has 1 N–H and O–H groups in total. The van der Waals surface area contributed by atoms with E-state index in [1.165, 1.54) is 16.7 Å². The molecule has 0 radical (unpaired) electrons. The second kappa shape index (κ2) is 7.79. The summed E-state index contributed by atoms with van der Waals surface area (Å²) in [6, 6.07) is 20.8. The van der Waals surface area contributed by atoms with E-state index in [-0.39, 0.29) is 0 Å². The van der Waals surface area contributed by atoms with Crippen LogP contribution in [0.1, 0.15) is 22.5 Å². The maximum atomic E-state index is 4.58. The van der Waals surface area contributed by atoms with Crippen LogP contribution >= 0.6 is 0 Å². The molecular weight excluding hydrogens is 308 g/mol. The van der Waals surface area contributed by atoms with Crippen LogP contribution in [0.25, 0.3) is 0 Å². The third kappa shape index (κ3) is 4.57. The van der Waals surface area contributed by atoms with Crippen molar-refractivity contribution in [3.8, 4) is 0 Å². The molecule has 1 aromatic heterocycles. The molecule has 3 rings (SSSR count).